The van der Waals surface area contributed by atoms with Crippen LogP contribution in [0.1, 0.15) is 5.56 Å². The molecule has 0 saturated heterocycles. The molecule has 0 saturated carbocycles. The highest BCUT2D eigenvalue weighted by molar-refractivity contribution is 5.51. The molecule has 15 heavy (non-hydrogen) atoms. The predicted octanol–water partition coefficient (Wildman–Crippen LogP) is 2.43. The zero-order chi connectivity index (χ0) is 11.6. The van der Waals surface area contributed by atoms with Crippen molar-refractivity contribution < 1.29 is 27.8 Å². The molecule has 0 fully saturated rings. The van der Waals surface area contributed by atoms with Crippen molar-refractivity contribution in [2.75, 3.05) is 14.2 Å². The standard InChI is InChI=1S/C9H9F3O3/c1-14-7-3-5(9(10,11)12)6(13)4-8(7)15-2/h3-4,13H,1-2H3. The molecule has 0 radical (unpaired) electrons. The Balaban J connectivity index is 3.32. The molecule has 0 bridgehead atoms. The quantitative estimate of drug-likeness (QED) is 0.835. The summed E-state index contributed by atoms with van der Waals surface area (Å²) in [7, 11) is 2.49. The molecule has 1 aromatic carbocycles. The summed E-state index contributed by atoms with van der Waals surface area (Å²) >= 11 is 0. The molecule has 1 aromatic rings. The largest absolute Gasteiger partial charge is 0.507 e. The van der Waals surface area contributed by atoms with Gasteiger partial charge in [0.1, 0.15) is 11.3 Å². The Morgan fingerprint density at radius 3 is 1.93 bits per heavy atom. The van der Waals surface area contributed by atoms with Crippen molar-refractivity contribution in [2.24, 2.45) is 0 Å². The van der Waals surface area contributed by atoms with Crippen molar-refractivity contribution >= 4 is 0 Å². The molecule has 0 aliphatic heterocycles. The summed E-state index contributed by atoms with van der Waals surface area (Å²) in [4.78, 5) is 0. The van der Waals surface area contributed by atoms with Gasteiger partial charge in [-0.1, -0.05) is 0 Å². The van der Waals surface area contributed by atoms with Gasteiger partial charge in [-0.05, 0) is 6.07 Å². The fourth-order valence-electron chi connectivity index (χ4n) is 1.10. The normalized spacial score (nSPS) is 11.3. The van der Waals surface area contributed by atoms with Crippen molar-refractivity contribution in [3.05, 3.63) is 17.7 Å². The lowest BCUT2D eigenvalue weighted by atomic mass is 10.1. The Morgan fingerprint density at radius 1 is 1.07 bits per heavy atom. The van der Waals surface area contributed by atoms with Crippen molar-refractivity contribution in [2.45, 2.75) is 6.18 Å². The molecule has 0 atom stereocenters. The zero-order valence-corrected chi connectivity index (χ0v) is 8.05. The lowest BCUT2D eigenvalue weighted by Crippen LogP contribution is -2.06. The number of hydrogen-bond acceptors (Lipinski definition) is 3. The van der Waals surface area contributed by atoms with Crippen LogP contribution < -0.4 is 9.47 Å². The summed E-state index contributed by atoms with van der Waals surface area (Å²) in [5, 5.41) is 9.12. The van der Waals surface area contributed by atoms with Crippen LogP contribution in [0.3, 0.4) is 0 Å². The van der Waals surface area contributed by atoms with E-state index in [1.807, 2.05) is 0 Å². The van der Waals surface area contributed by atoms with Gasteiger partial charge >= 0.3 is 6.18 Å². The van der Waals surface area contributed by atoms with Gasteiger partial charge < -0.3 is 14.6 Å². The highest BCUT2D eigenvalue weighted by Crippen LogP contribution is 2.42. The summed E-state index contributed by atoms with van der Waals surface area (Å²) < 4.78 is 46.5. The first-order chi connectivity index (χ1) is 6.90. The Kier molecular flexibility index (Phi) is 2.97. The van der Waals surface area contributed by atoms with Gasteiger partial charge in [0.05, 0.1) is 14.2 Å². The third-order valence-electron chi connectivity index (χ3n) is 1.81. The molecule has 3 nitrogen and oxygen atoms in total. The summed E-state index contributed by atoms with van der Waals surface area (Å²) in [6, 6.07) is 1.55. The third-order valence-corrected chi connectivity index (χ3v) is 1.81. The van der Waals surface area contributed by atoms with Crippen LogP contribution in [0.5, 0.6) is 17.2 Å². The van der Waals surface area contributed by atoms with Gasteiger partial charge in [-0.15, -0.1) is 0 Å². The molecule has 1 rings (SSSR count). The molecular weight excluding hydrogens is 213 g/mol. The summed E-state index contributed by atoms with van der Waals surface area (Å²) in [5.41, 5.74) is -1.15. The number of methoxy groups -OCH3 is 2. The van der Waals surface area contributed by atoms with E-state index < -0.39 is 17.5 Å². The first-order valence-electron chi connectivity index (χ1n) is 3.92. The second kappa shape index (κ2) is 3.88. The maximum absolute atomic E-state index is 12.3. The smallest absolute Gasteiger partial charge is 0.420 e. The molecule has 0 heterocycles. The minimum Gasteiger partial charge on any atom is -0.507 e. The van der Waals surface area contributed by atoms with Crippen LogP contribution >= 0.6 is 0 Å². The van der Waals surface area contributed by atoms with E-state index >= 15 is 0 Å². The molecule has 0 amide bonds. The fraction of sp³-hybridized carbons (Fsp3) is 0.333. The maximum Gasteiger partial charge on any atom is 0.420 e. The van der Waals surface area contributed by atoms with Crippen molar-refractivity contribution in [3.8, 4) is 17.2 Å². The van der Waals surface area contributed by atoms with Gasteiger partial charge in [-0.25, -0.2) is 0 Å². The van der Waals surface area contributed by atoms with Crippen LogP contribution in [-0.4, -0.2) is 19.3 Å². The Bertz CT molecular complexity index is 360. The number of halogens is 3. The number of ether oxygens (including phenoxy) is 2. The van der Waals surface area contributed by atoms with Gasteiger partial charge in [-0.3, -0.25) is 0 Å². The average Bonchev–Trinajstić information content (AvgIpc) is 2.15. The SMILES string of the molecule is COc1cc(O)c(C(F)(F)F)cc1OC. The van der Waals surface area contributed by atoms with E-state index in [9.17, 15) is 13.2 Å². The number of phenols is 1. The van der Waals surface area contributed by atoms with Gasteiger partial charge in [0.15, 0.2) is 11.5 Å². The highest BCUT2D eigenvalue weighted by atomic mass is 19.4. The van der Waals surface area contributed by atoms with E-state index in [0.717, 1.165) is 6.07 Å². The van der Waals surface area contributed by atoms with Gasteiger partial charge in [0.2, 0.25) is 0 Å². The van der Waals surface area contributed by atoms with Crippen LogP contribution in [-0.2, 0) is 6.18 Å². The molecule has 6 heteroatoms. The third kappa shape index (κ3) is 2.26. The topological polar surface area (TPSA) is 38.7 Å². The maximum atomic E-state index is 12.3. The van der Waals surface area contributed by atoms with Crippen LogP contribution in [0.25, 0.3) is 0 Å². The molecule has 0 aliphatic carbocycles. The van der Waals surface area contributed by atoms with E-state index in [4.69, 9.17) is 14.6 Å². The first kappa shape index (κ1) is 11.5. The van der Waals surface area contributed by atoms with E-state index in [1.165, 1.54) is 14.2 Å². The molecule has 84 valence electrons. The zero-order valence-electron chi connectivity index (χ0n) is 8.05. The summed E-state index contributed by atoms with van der Waals surface area (Å²) in [6.45, 7) is 0. The second-order valence-electron chi connectivity index (χ2n) is 2.72. The number of benzene rings is 1. The number of alkyl halides is 3. The number of rotatable bonds is 2. The monoisotopic (exact) mass is 222 g/mol. The first-order valence-corrected chi connectivity index (χ1v) is 3.92. The molecule has 0 unspecified atom stereocenters. The van der Waals surface area contributed by atoms with Crippen LogP contribution in [0.2, 0.25) is 0 Å². The summed E-state index contributed by atoms with van der Waals surface area (Å²) in [6.07, 6.45) is -4.62. The average molecular weight is 222 g/mol. The van der Waals surface area contributed by atoms with Crippen LogP contribution in [0.15, 0.2) is 12.1 Å². The Hall–Kier alpha value is -1.59. The number of hydrogen-bond donors (Lipinski definition) is 1. The molecule has 1 N–H and O–H groups in total. The minimum absolute atomic E-state index is 0.0444. The van der Waals surface area contributed by atoms with E-state index in [-0.39, 0.29) is 11.5 Å². The lowest BCUT2D eigenvalue weighted by molar-refractivity contribution is -0.138. The van der Waals surface area contributed by atoms with Gasteiger partial charge in [-0.2, -0.15) is 13.2 Å². The van der Waals surface area contributed by atoms with E-state index in [1.54, 1.807) is 0 Å². The van der Waals surface area contributed by atoms with Crippen molar-refractivity contribution in [3.63, 3.8) is 0 Å². The predicted molar refractivity (Wildman–Crippen MR) is 46.2 cm³/mol. The van der Waals surface area contributed by atoms with Crippen molar-refractivity contribution in [1.82, 2.24) is 0 Å². The lowest BCUT2D eigenvalue weighted by Gasteiger charge is -2.13. The molecule has 0 aliphatic rings. The van der Waals surface area contributed by atoms with Crippen LogP contribution in [0, 0.1) is 0 Å². The number of phenolic OH excluding ortho intramolecular Hbond substituents is 1. The molecular formula is C9H9F3O3. The summed E-state index contributed by atoms with van der Waals surface area (Å²) in [5.74, 6) is -0.925. The second-order valence-corrected chi connectivity index (χ2v) is 2.72. The number of aromatic hydroxyl groups is 1. The Morgan fingerprint density at radius 2 is 1.53 bits per heavy atom. The fourth-order valence-corrected chi connectivity index (χ4v) is 1.10. The van der Waals surface area contributed by atoms with Gasteiger partial charge in [0, 0.05) is 6.07 Å². The molecule has 0 aromatic heterocycles. The van der Waals surface area contributed by atoms with E-state index in [2.05, 4.69) is 0 Å². The highest BCUT2D eigenvalue weighted by Gasteiger charge is 2.35. The van der Waals surface area contributed by atoms with Gasteiger partial charge in [0.25, 0.3) is 0 Å². The Labute approximate surface area is 84.0 Å². The van der Waals surface area contributed by atoms with Crippen molar-refractivity contribution in [1.29, 1.82) is 0 Å². The van der Waals surface area contributed by atoms with Crippen LogP contribution in [0.4, 0.5) is 13.2 Å². The minimum atomic E-state index is -4.62. The van der Waals surface area contributed by atoms with E-state index in [0.29, 0.717) is 6.07 Å². The molecule has 0 spiro atoms.